The summed E-state index contributed by atoms with van der Waals surface area (Å²) in [4.78, 5) is 46.4. The van der Waals surface area contributed by atoms with Gasteiger partial charge in [0.2, 0.25) is 5.78 Å². The van der Waals surface area contributed by atoms with Gasteiger partial charge >= 0.3 is 13.5 Å². The molecule has 0 unspecified atom stereocenters. The van der Waals surface area contributed by atoms with Crippen LogP contribution in [0.25, 0.3) is 0 Å². The number of carbonyl (C=O) groups is 2. The van der Waals surface area contributed by atoms with Crippen molar-refractivity contribution in [3.63, 3.8) is 0 Å². The predicted octanol–water partition coefficient (Wildman–Crippen LogP) is -0.212. The molecule has 0 radical (unpaired) electrons. The molecule has 0 aromatic rings. The Morgan fingerprint density at radius 3 is 2.17 bits per heavy atom. The molecule has 0 aliphatic rings. The first kappa shape index (κ1) is 11.4. The van der Waals surface area contributed by atoms with Gasteiger partial charge in [0, 0.05) is 6.42 Å². The maximum atomic E-state index is 10.7. The van der Waals surface area contributed by atoms with Crippen LogP contribution in [0.1, 0.15) is 12.8 Å². The SMILES string of the molecule is C=CCCC(=O)C(=O)[P+](O)(O)O. The second-order valence-corrected chi connectivity index (χ2v) is 3.67. The summed E-state index contributed by atoms with van der Waals surface area (Å²) >= 11 is 0. The molecule has 0 bridgehead atoms. The summed E-state index contributed by atoms with van der Waals surface area (Å²) in [7, 11) is -4.63. The van der Waals surface area contributed by atoms with E-state index in [1.807, 2.05) is 0 Å². The second-order valence-electron chi connectivity index (χ2n) is 2.12. The summed E-state index contributed by atoms with van der Waals surface area (Å²) in [6, 6.07) is 0. The smallest absolute Gasteiger partial charge is 0.286 e. The Bertz CT molecular complexity index is 204. The summed E-state index contributed by atoms with van der Waals surface area (Å²) in [6.07, 6.45) is 1.52. The molecule has 0 spiro atoms. The van der Waals surface area contributed by atoms with Gasteiger partial charge in [0.25, 0.3) is 0 Å². The highest BCUT2D eigenvalue weighted by Gasteiger charge is 2.46. The van der Waals surface area contributed by atoms with Crippen LogP contribution in [0.15, 0.2) is 12.7 Å². The van der Waals surface area contributed by atoms with E-state index in [1.165, 1.54) is 6.08 Å². The molecule has 0 aliphatic heterocycles. The Morgan fingerprint density at radius 2 is 1.83 bits per heavy atom. The number of Topliss-reactive ketones (excluding diaryl/α,β-unsaturated/α-hetero) is 1. The maximum Gasteiger partial charge on any atom is 0.487 e. The first-order valence-electron chi connectivity index (χ1n) is 3.15. The van der Waals surface area contributed by atoms with E-state index >= 15 is 0 Å². The van der Waals surface area contributed by atoms with Gasteiger partial charge in [0.15, 0.2) is 0 Å². The molecule has 68 valence electrons. The minimum absolute atomic E-state index is 0.161. The molecule has 0 saturated heterocycles. The van der Waals surface area contributed by atoms with Gasteiger partial charge in [-0.25, -0.2) is 4.79 Å². The third kappa shape index (κ3) is 3.69. The Morgan fingerprint density at radius 1 is 1.33 bits per heavy atom. The normalized spacial score (nSPS) is 10.9. The molecular formula is C6H10O5P+. The molecule has 0 aromatic heterocycles. The molecule has 0 rings (SSSR count). The van der Waals surface area contributed by atoms with Gasteiger partial charge in [-0.1, -0.05) is 6.08 Å². The van der Waals surface area contributed by atoms with Crippen molar-refractivity contribution in [1.82, 2.24) is 0 Å². The fourth-order valence-corrected chi connectivity index (χ4v) is 0.954. The van der Waals surface area contributed by atoms with Crippen LogP contribution in [0.2, 0.25) is 0 Å². The topological polar surface area (TPSA) is 94.8 Å². The fourth-order valence-electron chi connectivity index (χ4n) is 0.507. The minimum Gasteiger partial charge on any atom is -0.286 e. The average molecular weight is 193 g/mol. The fraction of sp³-hybridized carbons (Fsp3) is 0.333. The summed E-state index contributed by atoms with van der Waals surface area (Å²) < 4.78 is 0. The molecule has 0 fully saturated rings. The van der Waals surface area contributed by atoms with Gasteiger partial charge in [-0.15, -0.1) is 6.58 Å². The van der Waals surface area contributed by atoms with Crippen LogP contribution in [0.3, 0.4) is 0 Å². The van der Waals surface area contributed by atoms with Crippen molar-refractivity contribution in [2.24, 2.45) is 0 Å². The van der Waals surface area contributed by atoms with Gasteiger partial charge in [-0.3, -0.25) is 4.79 Å². The maximum absolute atomic E-state index is 10.7. The second kappa shape index (κ2) is 4.42. The van der Waals surface area contributed by atoms with E-state index in [2.05, 4.69) is 6.58 Å². The monoisotopic (exact) mass is 193 g/mol. The van der Waals surface area contributed by atoms with E-state index in [-0.39, 0.29) is 12.8 Å². The minimum atomic E-state index is -4.63. The standard InChI is InChI=1S/C6H10O5P/c1-2-3-4-5(7)6(8)12(9,10)11/h2,9-11H,1,3-4H2/q+1. The third-order valence-corrected chi connectivity index (χ3v) is 1.88. The van der Waals surface area contributed by atoms with Crippen LogP contribution in [0.4, 0.5) is 0 Å². The van der Waals surface area contributed by atoms with Crippen LogP contribution in [-0.4, -0.2) is 26.0 Å². The van der Waals surface area contributed by atoms with Crippen LogP contribution < -0.4 is 0 Å². The molecule has 0 aromatic carbocycles. The Hall–Kier alpha value is -0.610. The highest BCUT2D eigenvalue weighted by molar-refractivity contribution is 7.78. The lowest BCUT2D eigenvalue weighted by atomic mass is 10.2. The number of hydrogen-bond donors (Lipinski definition) is 3. The Balaban J connectivity index is 4.12. The van der Waals surface area contributed by atoms with Crippen molar-refractivity contribution in [2.75, 3.05) is 0 Å². The zero-order valence-electron chi connectivity index (χ0n) is 6.30. The molecule has 0 aliphatic carbocycles. The quantitative estimate of drug-likeness (QED) is 0.319. The van der Waals surface area contributed by atoms with Crippen molar-refractivity contribution in [2.45, 2.75) is 12.8 Å². The van der Waals surface area contributed by atoms with Gasteiger partial charge in [0.05, 0.1) is 0 Å². The van der Waals surface area contributed by atoms with E-state index in [1.54, 1.807) is 0 Å². The van der Waals surface area contributed by atoms with E-state index in [0.717, 1.165) is 0 Å². The van der Waals surface area contributed by atoms with E-state index < -0.39 is 19.3 Å². The lowest BCUT2D eigenvalue weighted by molar-refractivity contribution is -0.133. The lowest BCUT2D eigenvalue weighted by Gasteiger charge is -1.98. The van der Waals surface area contributed by atoms with Gasteiger partial charge < -0.3 is 0 Å². The van der Waals surface area contributed by atoms with Crippen molar-refractivity contribution in [1.29, 1.82) is 0 Å². The average Bonchev–Trinajstić information content (AvgIpc) is 1.97. The zero-order chi connectivity index (χ0) is 9.78. The number of rotatable bonds is 5. The third-order valence-electron chi connectivity index (χ3n) is 1.09. The van der Waals surface area contributed by atoms with Gasteiger partial charge in [0.1, 0.15) is 0 Å². The molecular weight excluding hydrogens is 183 g/mol. The summed E-state index contributed by atoms with van der Waals surface area (Å²) in [6.45, 7) is 3.31. The molecule has 0 heterocycles. The van der Waals surface area contributed by atoms with Crippen LogP contribution in [0.5, 0.6) is 0 Å². The first-order chi connectivity index (χ1) is 5.39. The number of hydrogen-bond acceptors (Lipinski definition) is 5. The highest BCUT2D eigenvalue weighted by atomic mass is 31.2. The van der Waals surface area contributed by atoms with E-state index in [4.69, 9.17) is 14.7 Å². The van der Waals surface area contributed by atoms with E-state index in [0.29, 0.717) is 0 Å². The van der Waals surface area contributed by atoms with Crippen molar-refractivity contribution in [3.8, 4) is 0 Å². The van der Waals surface area contributed by atoms with E-state index in [9.17, 15) is 9.59 Å². The molecule has 12 heavy (non-hydrogen) atoms. The van der Waals surface area contributed by atoms with Crippen molar-refractivity contribution in [3.05, 3.63) is 12.7 Å². The largest absolute Gasteiger partial charge is 0.487 e. The van der Waals surface area contributed by atoms with Crippen molar-refractivity contribution < 1.29 is 24.3 Å². The Labute approximate surface area is 69.9 Å². The summed E-state index contributed by atoms with van der Waals surface area (Å²) in [5.74, 6) is -0.990. The molecule has 3 N–H and O–H groups in total. The summed E-state index contributed by atoms with van der Waals surface area (Å²) in [5.41, 5.74) is -1.51. The first-order valence-corrected chi connectivity index (χ1v) is 4.80. The lowest BCUT2D eigenvalue weighted by Crippen LogP contribution is -2.16. The summed E-state index contributed by atoms with van der Waals surface area (Å²) in [5, 5.41) is 0. The number of carbonyl (C=O) groups excluding carboxylic acids is 2. The van der Waals surface area contributed by atoms with Gasteiger partial charge in [-0.05, 0) is 6.42 Å². The van der Waals surface area contributed by atoms with Crippen LogP contribution in [-0.2, 0) is 9.59 Å². The molecule has 0 atom stereocenters. The highest BCUT2D eigenvalue weighted by Crippen LogP contribution is 2.45. The van der Waals surface area contributed by atoms with Crippen LogP contribution in [0, 0.1) is 0 Å². The molecule has 5 nitrogen and oxygen atoms in total. The predicted molar refractivity (Wildman–Crippen MR) is 43.0 cm³/mol. The van der Waals surface area contributed by atoms with Gasteiger partial charge in [-0.2, -0.15) is 14.7 Å². The number of ketones is 1. The molecule has 6 heteroatoms. The molecule has 0 saturated carbocycles. The molecule has 0 amide bonds. The Kier molecular flexibility index (Phi) is 4.20. The van der Waals surface area contributed by atoms with Crippen molar-refractivity contribution >= 4 is 19.3 Å². The zero-order valence-corrected chi connectivity index (χ0v) is 7.20. The van der Waals surface area contributed by atoms with Crippen LogP contribution >= 0.6 is 7.94 Å². The number of allylic oxidation sites excluding steroid dienone is 1.